The second kappa shape index (κ2) is 8.52. The number of hydrogen-bond donors (Lipinski definition) is 1. The summed E-state index contributed by atoms with van der Waals surface area (Å²) >= 11 is 1.76. The molecule has 2 aromatic carbocycles. The molecule has 1 aliphatic rings. The lowest BCUT2D eigenvalue weighted by atomic mass is 10.1. The van der Waals surface area contributed by atoms with Crippen molar-refractivity contribution < 1.29 is 9.53 Å². The molecule has 144 valence electrons. The highest BCUT2D eigenvalue weighted by molar-refractivity contribution is 7.99. The summed E-state index contributed by atoms with van der Waals surface area (Å²) in [6, 6.07) is 15.0. The van der Waals surface area contributed by atoms with Crippen molar-refractivity contribution in [3.63, 3.8) is 0 Å². The third kappa shape index (κ3) is 4.07. The van der Waals surface area contributed by atoms with Crippen molar-refractivity contribution in [2.24, 2.45) is 0 Å². The standard InChI is InChI=1S/C22H23N3O2S/c1-2-3-13-27-17-10-8-16(9-11-17)21(26)23-19-7-5-4-6-18(19)20-15-25-12-14-28-22(25)24-20/h4-11,15H,2-3,12-14H2,1H3,(H,23,26). The minimum Gasteiger partial charge on any atom is -0.494 e. The molecule has 1 aromatic heterocycles. The number of carbonyl (C=O) groups excluding carboxylic acids is 1. The Morgan fingerprint density at radius 1 is 1.21 bits per heavy atom. The maximum absolute atomic E-state index is 12.7. The minimum absolute atomic E-state index is 0.145. The zero-order chi connectivity index (χ0) is 19.3. The highest BCUT2D eigenvalue weighted by Crippen LogP contribution is 2.32. The van der Waals surface area contributed by atoms with Crippen molar-refractivity contribution in [1.82, 2.24) is 9.55 Å². The van der Waals surface area contributed by atoms with Gasteiger partial charge in [-0.1, -0.05) is 43.3 Å². The molecular formula is C22H23N3O2S. The summed E-state index contributed by atoms with van der Waals surface area (Å²) in [6.45, 7) is 3.81. The van der Waals surface area contributed by atoms with Gasteiger partial charge in [0, 0.05) is 29.6 Å². The van der Waals surface area contributed by atoms with E-state index in [-0.39, 0.29) is 5.91 Å². The molecule has 1 amide bonds. The Morgan fingerprint density at radius 3 is 2.82 bits per heavy atom. The third-order valence-electron chi connectivity index (χ3n) is 4.64. The van der Waals surface area contributed by atoms with Gasteiger partial charge in [0.1, 0.15) is 5.75 Å². The molecule has 2 heterocycles. The van der Waals surface area contributed by atoms with E-state index >= 15 is 0 Å². The van der Waals surface area contributed by atoms with Gasteiger partial charge in [0.2, 0.25) is 0 Å². The topological polar surface area (TPSA) is 56.1 Å². The fourth-order valence-corrected chi connectivity index (χ4v) is 4.03. The number of imidazole rings is 1. The first kappa shape index (κ1) is 18.6. The van der Waals surface area contributed by atoms with E-state index in [1.54, 1.807) is 23.9 Å². The molecule has 0 bridgehead atoms. The van der Waals surface area contributed by atoms with E-state index in [9.17, 15) is 4.79 Å². The van der Waals surface area contributed by atoms with Crippen LogP contribution in [0.15, 0.2) is 59.9 Å². The van der Waals surface area contributed by atoms with Crippen LogP contribution in [0.3, 0.4) is 0 Å². The molecule has 1 N–H and O–H groups in total. The molecule has 0 saturated carbocycles. The summed E-state index contributed by atoms with van der Waals surface area (Å²) in [5, 5.41) is 4.06. The van der Waals surface area contributed by atoms with E-state index in [2.05, 4.69) is 23.0 Å². The number of ether oxygens (including phenoxy) is 1. The number of aromatic nitrogens is 2. The van der Waals surface area contributed by atoms with Crippen molar-refractivity contribution in [3.8, 4) is 17.0 Å². The van der Waals surface area contributed by atoms with E-state index in [0.29, 0.717) is 12.2 Å². The van der Waals surface area contributed by atoms with Gasteiger partial charge >= 0.3 is 0 Å². The molecule has 0 spiro atoms. The van der Waals surface area contributed by atoms with Crippen molar-refractivity contribution in [2.75, 3.05) is 17.7 Å². The second-order valence-corrected chi connectivity index (χ2v) is 7.74. The predicted octanol–water partition coefficient (Wildman–Crippen LogP) is 5.09. The summed E-state index contributed by atoms with van der Waals surface area (Å²) in [6.07, 6.45) is 4.18. The molecule has 0 saturated heterocycles. The van der Waals surface area contributed by atoms with E-state index in [1.807, 2.05) is 36.4 Å². The molecule has 0 fully saturated rings. The number of nitrogens with zero attached hydrogens (tertiary/aromatic N) is 2. The molecule has 0 atom stereocenters. The van der Waals surface area contributed by atoms with Crippen LogP contribution in [-0.2, 0) is 6.54 Å². The maximum atomic E-state index is 12.7. The molecule has 0 unspecified atom stereocenters. The molecule has 3 aromatic rings. The molecule has 0 aliphatic carbocycles. The molecule has 28 heavy (non-hydrogen) atoms. The van der Waals surface area contributed by atoms with E-state index in [4.69, 9.17) is 9.72 Å². The number of para-hydroxylation sites is 1. The van der Waals surface area contributed by atoms with Gasteiger partial charge in [0.25, 0.3) is 5.91 Å². The van der Waals surface area contributed by atoms with Gasteiger partial charge in [-0.15, -0.1) is 0 Å². The number of anilines is 1. The number of hydrogen-bond acceptors (Lipinski definition) is 4. The summed E-state index contributed by atoms with van der Waals surface area (Å²) in [5.74, 6) is 1.71. The number of aryl methyl sites for hydroxylation is 1. The largest absolute Gasteiger partial charge is 0.494 e. The smallest absolute Gasteiger partial charge is 0.255 e. The first-order chi connectivity index (χ1) is 13.7. The lowest BCUT2D eigenvalue weighted by Gasteiger charge is -2.10. The third-order valence-corrected chi connectivity index (χ3v) is 5.61. The molecular weight excluding hydrogens is 370 g/mol. The van der Waals surface area contributed by atoms with Gasteiger partial charge in [-0.25, -0.2) is 4.98 Å². The summed E-state index contributed by atoms with van der Waals surface area (Å²) in [4.78, 5) is 17.4. The Morgan fingerprint density at radius 2 is 2.04 bits per heavy atom. The number of rotatable bonds is 7. The van der Waals surface area contributed by atoms with Crippen LogP contribution in [0, 0.1) is 0 Å². The number of thioether (sulfide) groups is 1. The van der Waals surface area contributed by atoms with Crippen LogP contribution in [0.25, 0.3) is 11.3 Å². The van der Waals surface area contributed by atoms with Crippen LogP contribution in [0.5, 0.6) is 5.75 Å². The molecule has 1 aliphatic heterocycles. The predicted molar refractivity (Wildman–Crippen MR) is 113 cm³/mol. The summed E-state index contributed by atoms with van der Waals surface area (Å²) in [7, 11) is 0. The zero-order valence-corrected chi connectivity index (χ0v) is 16.7. The van der Waals surface area contributed by atoms with Crippen molar-refractivity contribution >= 4 is 23.4 Å². The van der Waals surface area contributed by atoms with E-state index in [0.717, 1.165) is 53.0 Å². The van der Waals surface area contributed by atoms with E-state index in [1.165, 1.54) is 0 Å². The minimum atomic E-state index is -0.145. The van der Waals surface area contributed by atoms with Gasteiger partial charge in [-0.05, 0) is 36.8 Å². The molecule has 0 radical (unpaired) electrons. The number of fused-ring (bicyclic) bond motifs is 1. The first-order valence-electron chi connectivity index (χ1n) is 9.58. The number of nitrogens with one attached hydrogen (secondary N) is 1. The number of amides is 1. The Kier molecular flexibility index (Phi) is 5.67. The highest BCUT2D eigenvalue weighted by atomic mass is 32.2. The lowest BCUT2D eigenvalue weighted by molar-refractivity contribution is 0.102. The van der Waals surface area contributed by atoms with Crippen LogP contribution in [0.4, 0.5) is 5.69 Å². The Balaban J connectivity index is 1.49. The van der Waals surface area contributed by atoms with Gasteiger partial charge in [-0.3, -0.25) is 4.79 Å². The normalized spacial score (nSPS) is 12.6. The number of unbranched alkanes of at least 4 members (excludes halogenated alkanes) is 1. The fourth-order valence-electron chi connectivity index (χ4n) is 3.09. The SMILES string of the molecule is CCCCOc1ccc(C(=O)Nc2ccccc2-c2cn3c(n2)SCC3)cc1. The zero-order valence-electron chi connectivity index (χ0n) is 15.9. The van der Waals surface area contributed by atoms with Crippen LogP contribution in [0.2, 0.25) is 0 Å². The second-order valence-electron chi connectivity index (χ2n) is 6.68. The number of carbonyl (C=O) groups is 1. The average molecular weight is 394 g/mol. The van der Waals surface area contributed by atoms with Crippen LogP contribution in [0.1, 0.15) is 30.1 Å². The van der Waals surface area contributed by atoms with Crippen LogP contribution >= 0.6 is 11.8 Å². The quantitative estimate of drug-likeness (QED) is 0.568. The van der Waals surface area contributed by atoms with Gasteiger partial charge in [0.05, 0.1) is 18.0 Å². The highest BCUT2D eigenvalue weighted by Gasteiger charge is 2.18. The van der Waals surface area contributed by atoms with Crippen molar-refractivity contribution in [1.29, 1.82) is 0 Å². The Labute approximate surface area is 169 Å². The van der Waals surface area contributed by atoms with Crippen molar-refractivity contribution in [2.45, 2.75) is 31.5 Å². The fraction of sp³-hybridized carbons (Fsp3) is 0.273. The van der Waals surface area contributed by atoms with Gasteiger partial charge < -0.3 is 14.6 Å². The molecule has 5 nitrogen and oxygen atoms in total. The average Bonchev–Trinajstić information content (AvgIpc) is 3.31. The molecule has 4 rings (SSSR count). The van der Waals surface area contributed by atoms with E-state index < -0.39 is 0 Å². The molecule has 6 heteroatoms. The van der Waals surface area contributed by atoms with Gasteiger partial charge in [-0.2, -0.15) is 0 Å². The van der Waals surface area contributed by atoms with Crippen molar-refractivity contribution in [3.05, 3.63) is 60.3 Å². The van der Waals surface area contributed by atoms with Crippen LogP contribution in [-0.4, -0.2) is 27.8 Å². The number of benzene rings is 2. The summed E-state index contributed by atoms with van der Waals surface area (Å²) < 4.78 is 7.82. The summed E-state index contributed by atoms with van der Waals surface area (Å²) in [5.41, 5.74) is 3.17. The monoisotopic (exact) mass is 393 g/mol. The first-order valence-corrected chi connectivity index (χ1v) is 10.6. The Hall–Kier alpha value is -2.73. The Bertz CT molecular complexity index is 945. The maximum Gasteiger partial charge on any atom is 0.255 e. The lowest BCUT2D eigenvalue weighted by Crippen LogP contribution is -2.12. The van der Waals surface area contributed by atoms with Crippen LogP contribution < -0.4 is 10.1 Å². The van der Waals surface area contributed by atoms with Gasteiger partial charge in [0.15, 0.2) is 5.16 Å².